The van der Waals surface area contributed by atoms with Gasteiger partial charge in [-0.1, -0.05) is 11.6 Å². The third-order valence-electron chi connectivity index (χ3n) is 3.98. The van der Waals surface area contributed by atoms with E-state index in [1.165, 1.54) is 11.8 Å². The molecule has 0 aromatic carbocycles. The zero-order valence-electron chi connectivity index (χ0n) is 15.0. The number of halogens is 1. The zero-order chi connectivity index (χ0) is 19.8. The monoisotopic (exact) mass is 398 g/mol. The first-order valence-electron chi connectivity index (χ1n) is 7.63. The van der Waals surface area contributed by atoms with Crippen LogP contribution in [0.3, 0.4) is 0 Å². The summed E-state index contributed by atoms with van der Waals surface area (Å²) in [6.07, 6.45) is 0. The van der Waals surface area contributed by atoms with Gasteiger partial charge in [-0.25, -0.2) is 4.79 Å². The van der Waals surface area contributed by atoms with Crippen molar-refractivity contribution in [2.75, 3.05) is 12.4 Å². The molecule has 1 unspecified atom stereocenters. The molecule has 0 saturated heterocycles. The first-order chi connectivity index (χ1) is 12.1. The molecule has 0 aliphatic rings. The molecular formula is C16H19ClN4O4S. The van der Waals surface area contributed by atoms with Gasteiger partial charge in [-0.3, -0.25) is 14.3 Å². The summed E-state index contributed by atoms with van der Waals surface area (Å²) in [6.45, 7) is 6.72. The van der Waals surface area contributed by atoms with Crippen molar-refractivity contribution in [3.63, 3.8) is 0 Å². The molecule has 2 rings (SSSR count). The van der Waals surface area contributed by atoms with E-state index < -0.39 is 23.8 Å². The Morgan fingerprint density at radius 2 is 1.92 bits per heavy atom. The van der Waals surface area contributed by atoms with Gasteiger partial charge in [0.1, 0.15) is 11.0 Å². The van der Waals surface area contributed by atoms with Crippen LogP contribution in [0.5, 0.6) is 0 Å². The molecule has 0 bridgehead atoms. The standard InChI is InChI=1S/C16H19ClN4O4S/c1-6-10(16(24)25-5)15(26-12(6)13(18)22)19-14(23)9(4)21-8(3)11(17)7(2)20-21/h9H,1-5H3,(H2,18,22)(H,19,23). The summed E-state index contributed by atoms with van der Waals surface area (Å²) in [5, 5.41) is 7.61. The normalized spacial score (nSPS) is 11.9. The number of rotatable bonds is 5. The van der Waals surface area contributed by atoms with Crippen molar-refractivity contribution in [2.24, 2.45) is 5.73 Å². The van der Waals surface area contributed by atoms with E-state index in [9.17, 15) is 14.4 Å². The van der Waals surface area contributed by atoms with Gasteiger partial charge in [0.05, 0.1) is 34.0 Å². The maximum atomic E-state index is 12.7. The summed E-state index contributed by atoms with van der Waals surface area (Å²) in [6, 6.07) is -0.689. The number of thiophene rings is 1. The Morgan fingerprint density at radius 1 is 1.31 bits per heavy atom. The summed E-state index contributed by atoms with van der Waals surface area (Å²) in [5.41, 5.74) is 7.08. The van der Waals surface area contributed by atoms with Crippen LogP contribution in [-0.4, -0.2) is 34.7 Å². The Bertz CT molecular complexity index is 903. The van der Waals surface area contributed by atoms with E-state index in [0.29, 0.717) is 22.0 Å². The number of primary amides is 1. The average Bonchev–Trinajstić information content (AvgIpc) is 3.05. The predicted octanol–water partition coefficient (Wildman–Crippen LogP) is 2.61. The van der Waals surface area contributed by atoms with Crippen LogP contribution in [0, 0.1) is 20.8 Å². The molecule has 0 aliphatic heterocycles. The molecule has 10 heteroatoms. The number of ether oxygens (including phenoxy) is 1. The van der Waals surface area contributed by atoms with E-state index in [1.54, 1.807) is 27.7 Å². The number of aryl methyl sites for hydroxylation is 1. The van der Waals surface area contributed by atoms with Gasteiger partial charge in [0, 0.05) is 0 Å². The van der Waals surface area contributed by atoms with Crippen LogP contribution in [0.4, 0.5) is 5.00 Å². The second kappa shape index (κ2) is 7.46. The van der Waals surface area contributed by atoms with Gasteiger partial charge in [-0.05, 0) is 33.3 Å². The third kappa shape index (κ3) is 3.45. The number of carbonyl (C=O) groups excluding carboxylic acids is 3. The second-order valence-electron chi connectivity index (χ2n) is 5.71. The minimum atomic E-state index is -0.689. The van der Waals surface area contributed by atoms with Gasteiger partial charge >= 0.3 is 5.97 Å². The summed E-state index contributed by atoms with van der Waals surface area (Å²) >= 11 is 7.05. The van der Waals surface area contributed by atoms with Crippen molar-refractivity contribution >= 4 is 45.7 Å². The van der Waals surface area contributed by atoms with Crippen molar-refractivity contribution in [2.45, 2.75) is 33.7 Å². The minimum Gasteiger partial charge on any atom is -0.465 e. The number of aromatic nitrogens is 2. The fourth-order valence-electron chi connectivity index (χ4n) is 2.53. The molecule has 8 nitrogen and oxygen atoms in total. The lowest BCUT2D eigenvalue weighted by atomic mass is 10.1. The van der Waals surface area contributed by atoms with Crippen molar-refractivity contribution in [3.05, 3.63) is 32.4 Å². The molecule has 2 heterocycles. The maximum absolute atomic E-state index is 12.7. The van der Waals surface area contributed by atoms with E-state index in [2.05, 4.69) is 10.4 Å². The number of esters is 1. The second-order valence-corrected chi connectivity index (χ2v) is 7.11. The molecule has 0 radical (unpaired) electrons. The van der Waals surface area contributed by atoms with Gasteiger partial charge in [0.2, 0.25) is 5.91 Å². The molecule has 2 aromatic rings. The highest BCUT2D eigenvalue weighted by Gasteiger charge is 2.27. The van der Waals surface area contributed by atoms with Gasteiger partial charge < -0.3 is 15.8 Å². The fraction of sp³-hybridized carbons (Fsp3) is 0.375. The molecule has 3 N–H and O–H groups in total. The molecule has 0 aliphatic carbocycles. The topological polar surface area (TPSA) is 116 Å². The van der Waals surface area contributed by atoms with Crippen LogP contribution in [0.1, 0.15) is 49.9 Å². The third-order valence-corrected chi connectivity index (χ3v) is 5.75. The highest BCUT2D eigenvalue weighted by atomic mass is 35.5. The van der Waals surface area contributed by atoms with Crippen LogP contribution >= 0.6 is 22.9 Å². The molecule has 26 heavy (non-hydrogen) atoms. The lowest BCUT2D eigenvalue weighted by Gasteiger charge is -2.14. The first-order valence-corrected chi connectivity index (χ1v) is 8.83. The van der Waals surface area contributed by atoms with Gasteiger partial charge in [-0.2, -0.15) is 5.10 Å². The summed E-state index contributed by atoms with van der Waals surface area (Å²) < 4.78 is 6.25. The molecule has 0 spiro atoms. The largest absolute Gasteiger partial charge is 0.465 e. The van der Waals surface area contributed by atoms with E-state index in [4.69, 9.17) is 22.1 Å². The molecule has 0 saturated carbocycles. The van der Waals surface area contributed by atoms with Gasteiger partial charge in [0.15, 0.2) is 0 Å². The van der Waals surface area contributed by atoms with Crippen LogP contribution in [0.2, 0.25) is 5.02 Å². The number of anilines is 1. The highest BCUT2D eigenvalue weighted by molar-refractivity contribution is 7.18. The smallest absolute Gasteiger partial charge is 0.341 e. The Balaban J connectivity index is 2.39. The number of amides is 2. The van der Waals surface area contributed by atoms with Crippen molar-refractivity contribution in [1.29, 1.82) is 0 Å². The Morgan fingerprint density at radius 3 is 2.38 bits per heavy atom. The molecule has 2 amide bonds. The van der Waals surface area contributed by atoms with E-state index in [-0.39, 0.29) is 15.4 Å². The van der Waals surface area contributed by atoms with Crippen LogP contribution in [0.15, 0.2) is 0 Å². The fourth-order valence-corrected chi connectivity index (χ4v) is 3.71. The van der Waals surface area contributed by atoms with E-state index in [0.717, 1.165) is 11.3 Å². The maximum Gasteiger partial charge on any atom is 0.341 e. The number of hydrogen-bond donors (Lipinski definition) is 2. The lowest BCUT2D eigenvalue weighted by Crippen LogP contribution is -2.25. The number of methoxy groups -OCH3 is 1. The minimum absolute atomic E-state index is 0.109. The molecule has 2 aromatic heterocycles. The lowest BCUT2D eigenvalue weighted by molar-refractivity contribution is -0.119. The van der Waals surface area contributed by atoms with Gasteiger partial charge in [-0.15, -0.1) is 11.3 Å². The number of nitrogens with zero attached hydrogens (tertiary/aromatic N) is 2. The quantitative estimate of drug-likeness (QED) is 0.751. The average molecular weight is 399 g/mol. The van der Waals surface area contributed by atoms with Crippen molar-refractivity contribution < 1.29 is 19.1 Å². The number of nitrogens with one attached hydrogen (secondary N) is 1. The van der Waals surface area contributed by atoms with Crippen molar-refractivity contribution in [1.82, 2.24) is 9.78 Å². The van der Waals surface area contributed by atoms with Crippen LogP contribution in [0.25, 0.3) is 0 Å². The Labute approximate surface area is 159 Å². The number of nitrogens with two attached hydrogens (primary N) is 1. The molecule has 1 atom stereocenters. The summed E-state index contributed by atoms with van der Waals surface area (Å²) in [4.78, 5) is 36.5. The number of carbonyl (C=O) groups is 3. The van der Waals surface area contributed by atoms with E-state index >= 15 is 0 Å². The molecule has 140 valence electrons. The highest BCUT2D eigenvalue weighted by Crippen LogP contribution is 2.34. The van der Waals surface area contributed by atoms with E-state index in [1.807, 2.05) is 0 Å². The molecule has 0 fully saturated rings. The Hall–Kier alpha value is -2.39. The summed E-state index contributed by atoms with van der Waals surface area (Å²) in [7, 11) is 1.22. The van der Waals surface area contributed by atoms with Crippen LogP contribution in [-0.2, 0) is 9.53 Å². The van der Waals surface area contributed by atoms with Crippen LogP contribution < -0.4 is 11.1 Å². The first kappa shape index (κ1) is 19.9. The van der Waals surface area contributed by atoms with Gasteiger partial charge in [0.25, 0.3) is 5.91 Å². The molecular weight excluding hydrogens is 380 g/mol. The SMILES string of the molecule is COC(=O)c1c(NC(=O)C(C)n2nc(C)c(Cl)c2C)sc(C(N)=O)c1C. The zero-order valence-corrected chi connectivity index (χ0v) is 16.5. The summed E-state index contributed by atoms with van der Waals surface area (Å²) in [5.74, 6) is -1.77. The Kier molecular flexibility index (Phi) is 5.72. The predicted molar refractivity (Wildman–Crippen MR) is 99.0 cm³/mol. The van der Waals surface area contributed by atoms with Crippen molar-refractivity contribution in [3.8, 4) is 0 Å². The number of hydrogen-bond acceptors (Lipinski definition) is 6.